The number of aryl methyl sites for hydroxylation is 1. The van der Waals surface area contributed by atoms with E-state index in [-0.39, 0.29) is 5.82 Å². The lowest BCUT2D eigenvalue weighted by atomic mass is 9.72. The minimum Gasteiger partial charge on any atom is -0.343 e. The van der Waals surface area contributed by atoms with Crippen molar-refractivity contribution in [2.45, 2.75) is 65.7 Å². The third-order valence-electron chi connectivity index (χ3n) is 7.11. The molecule has 2 aliphatic rings. The number of pyridine rings is 1. The molecule has 2 fully saturated rings. The summed E-state index contributed by atoms with van der Waals surface area (Å²) in [6.07, 6.45) is 9.52. The second kappa shape index (κ2) is 9.68. The molecule has 2 heterocycles. The van der Waals surface area contributed by atoms with Crippen molar-refractivity contribution in [2.24, 2.45) is 16.3 Å². The molecule has 0 atom stereocenters. The van der Waals surface area contributed by atoms with Gasteiger partial charge >= 0.3 is 0 Å². The van der Waals surface area contributed by atoms with E-state index in [9.17, 15) is 8.78 Å². The van der Waals surface area contributed by atoms with Crippen molar-refractivity contribution >= 4 is 11.5 Å². The van der Waals surface area contributed by atoms with Crippen LogP contribution < -0.4 is 4.90 Å². The van der Waals surface area contributed by atoms with Gasteiger partial charge in [-0.05, 0) is 61.5 Å². The number of anilines is 1. The zero-order valence-electron chi connectivity index (χ0n) is 19.6. The zero-order valence-corrected chi connectivity index (χ0v) is 19.6. The van der Waals surface area contributed by atoms with Gasteiger partial charge in [-0.2, -0.15) is 0 Å². The summed E-state index contributed by atoms with van der Waals surface area (Å²) in [5.74, 6) is 0.439. The van der Waals surface area contributed by atoms with Crippen molar-refractivity contribution in [3.63, 3.8) is 0 Å². The summed E-state index contributed by atoms with van der Waals surface area (Å²) in [6.45, 7) is 8.88. The van der Waals surface area contributed by atoms with Gasteiger partial charge in [-0.3, -0.25) is 4.99 Å². The molecule has 2 aromatic rings. The molecule has 4 rings (SSSR count). The molecule has 0 radical (unpaired) electrons. The van der Waals surface area contributed by atoms with E-state index in [0.29, 0.717) is 47.4 Å². The van der Waals surface area contributed by atoms with Crippen molar-refractivity contribution in [3.8, 4) is 11.1 Å². The predicted molar refractivity (Wildman–Crippen MR) is 128 cm³/mol. The van der Waals surface area contributed by atoms with Gasteiger partial charge in [0.25, 0.3) is 0 Å². The highest BCUT2D eigenvalue weighted by atomic mass is 19.1. The topological polar surface area (TPSA) is 28.5 Å². The van der Waals surface area contributed by atoms with Crippen LogP contribution in [0, 0.1) is 23.0 Å². The van der Waals surface area contributed by atoms with Crippen LogP contribution in [0.25, 0.3) is 11.1 Å². The minimum atomic E-state index is -0.410. The molecule has 172 valence electrons. The molecule has 0 spiro atoms. The fraction of sp³-hybridized carbons (Fsp3) is 0.556. The lowest BCUT2D eigenvalue weighted by Gasteiger charge is -2.35. The maximum atomic E-state index is 14.8. The van der Waals surface area contributed by atoms with Crippen molar-refractivity contribution in [1.29, 1.82) is 0 Å². The van der Waals surface area contributed by atoms with E-state index < -0.39 is 5.82 Å². The summed E-state index contributed by atoms with van der Waals surface area (Å²) in [7, 11) is 0. The number of aromatic nitrogens is 1. The highest BCUT2D eigenvalue weighted by Gasteiger charge is 2.28. The second-order valence-corrected chi connectivity index (χ2v) is 10.3. The van der Waals surface area contributed by atoms with Gasteiger partial charge in [0.05, 0.1) is 18.8 Å². The van der Waals surface area contributed by atoms with Gasteiger partial charge in [-0.25, -0.2) is 13.8 Å². The van der Waals surface area contributed by atoms with Crippen LogP contribution in [0.3, 0.4) is 0 Å². The van der Waals surface area contributed by atoms with Crippen LogP contribution in [0.1, 0.15) is 64.9 Å². The number of hydrogen-bond donors (Lipinski definition) is 0. The molecule has 0 N–H and O–H groups in total. The standard InChI is InChI=1S/C27H35F2N3/c1-4-6-20-7-5-8-23(25(20)29)21-15-24(28)26(31-16-21)32-17-22(18-32)30-14-11-19-9-12-27(2,3)13-10-19/h5,7-8,15-16,19H,4,6,9-14,17-18H2,1-3H3. The summed E-state index contributed by atoms with van der Waals surface area (Å²) in [6, 6.07) is 6.69. The van der Waals surface area contributed by atoms with Gasteiger partial charge in [-0.15, -0.1) is 0 Å². The quantitative estimate of drug-likeness (QED) is 0.472. The molecule has 1 aliphatic carbocycles. The molecular formula is C27H35F2N3. The Morgan fingerprint density at radius 1 is 1.16 bits per heavy atom. The van der Waals surface area contributed by atoms with Crippen molar-refractivity contribution in [1.82, 2.24) is 4.98 Å². The summed E-state index contributed by atoms with van der Waals surface area (Å²) in [5.41, 5.74) is 3.17. The first-order valence-corrected chi connectivity index (χ1v) is 12.1. The molecule has 5 heteroatoms. The Balaban J connectivity index is 1.33. The average molecular weight is 440 g/mol. The SMILES string of the molecule is CCCc1cccc(-c2cnc(N3CC(=NCCC4CCC(C)(C)CC4)C3)c(F)c2)c1F. The number of aliphatic imine (C=N–C) groups is 1. The van der Waals surface area contributed by atoms with Gasteiger partial charge in [0.2, 0.25) is 0 Å². The molecule has 1 saturated carbocycles. The average Bonchev–Trinajstić information content (AvgIpc) is 2.73. The lowest BCUT2D eigenvalue weighted by molar-refractivity contribution is 0.186. The van der Waals surface area contributed by atoms with Crippen molar-refractivity contribution in [3.05, 3.63) is 47.7 Å². The van der Waals surface area contributed by atoms with E-state index in [1.54, 1.807) is 18.3 Å². The van der Waals surface area contributed by atoms with Gasteiger partial charge < -0.3 is 4.90 Å². The number of hydrogen-bond acceptors (Lipinski definition) is 3. The number of nitrogens with zero attached hydrogens (tertiary/aromatic N) is 3. The van der Waals surface area contributed by atoms with Gasteiger partial charge in [-0.1, -0.05) is 45.4 Å². The maximum absolute atomic E-state index is 14.8. The molecule has 0 bridgehead atoms. The van der Waals surface area contributed by atoms with E-state index in [1.165, 1.54) is 31.7 Å². The van der Waals surface area contributed by atoms with Gasteiger partial charge in [0.1, 0.15) is 5.82 Å². The molecule has 1 aromatic carbocycles. The maximum Gasteiger partial charge on any atom is 0.166 e. The third-order valence-corrected chi connectivity index (χ3v) is 7.11. The Bertz CT molecular complexity index is 965. The predicted octanol–water partition coefficient (Wildman–Crippen LogP) is 6.85. The smallest absolute Gasteiger partial charge is 0.166 e. The molecule has 32 heavy (non-hydrogen) atoms. The molecule has 1 saturated heterocycles. The lowest BCUT2D eigenvalue weighted by Crippen LogP contribution is -2.48. The highest BCUT2D eigenvalue weighted by Crippen LogP contribution is 2.39. The normalized spacial score (nSPS) is 18.5. The fourth-order valence-corrected chi connectivity index (χ4v) is 4.87. The molecule has 0 amide bonds. The number of halogens is 2. The molecule has 3 nitrogen and oxygen atoms in total. The summed E-state index contributed by atoms with van der Waals surface area (Å²) in [5, 5.41) is 0. The summed E-state index contributed by atoms with van der Waals surface area (Å²) < 4.78 is 29.6. The van der Waals surface area contributed by atoms with Crippen LogP contribution >= 0.6 is 0 Å². The summed E-state index contributed by atoms with van der Waals surface area (Å²) in [4.78, 5) is 11.0. The van der Waals surface area contributed by atoms with Crippen LogP contribution in [0.2, 0.25) is 0 Å². The van der Waals surface area contributed by atoms with Crippen LogP contribution in [0.5, 0.6) is 0 Å². The largest absolute Gasteiger partial charge is 0.343 e. The first kappa shape index (κ1) is 22.9. The van der Waals surface area contributed by atoms with E-state index in [2.05, 4.69) is 18.8 Å². The molecular weight excluding hydrogens is 404 g/mol. The highest BCUT2D eigenvalue weighted by molar-refractivity contribution is 5.99. The Morgan fingerprint density at radius 3 is 2.59 bits per heavy atom. The minimum absolute atomic E-state index is 0.275. The Morgan fingerprint density at radius 2 is 1.91 bits per heavy atom. The monoisotopic (exact) mass is 439 g/mol. The third kappa shape index (κ3) is 5.19. The fourth-order valence-electron chi connectivity index (χ4n) is 4.87. The number of benzene rings is 1. The molecule has 1 aliphatic heterocycles. The Hall–Kier alpha value is -2.30. The first-order valence-electron chi connectivity index (χ1n) is 12.1. The second-order valence-electron chi connectivity index (χ2n) is 10.3. The van der Waals surface area contributed by atoms with Crippen molar-refractivity contribution in [2.75, 3.05) is 24.5 Å². The zero-order chi connectivity index (χ0) is 22.7. The van der Waals surface area contributed by atoms with E-state index in [0.717, 1.165) is 31.0 Å². The number of rotatable bonds is 7. The van der Waals surface area contributed by atoms with Crippen LogP contribution in [-0.2, 0) is 6.42 Å². The van der Waals surface area contributed by atoms with Crippen LogP contribution in [-0.4, -0.2) is 30.3 Å². The van der Waals surface area contributed by atoms with Crippen LogP contribution in [0.15, 0.2) is 35.5 Å². The van der Waals surface area contributed by atoms with E-state index in [1.807, 2.05) is 17.9 Å². The Labute approximate surface area is 191 Å². The molecule has 0 unspecified atom stereocenters. The van der Waals surface area contributed by atoms with Gasteiger partial charge in [0.15, 0.2) is 11.6 Å². The Kier molecular flexibility index (Phi) is 6.92. The van der Waals surface area contributed by atoms with Crippen molar-refractivity contribution < 1.29 is 8.78 Å². The van der Waals surface area contributed by atoms with E-state index >= 15 is 0 Å². The van der Waals surface area contributed by atoms with Gasteiger partial charge in [0, 0.05) is 23.9 Å². The van der Waals surface area contributed by atoms with Crippen LogP contribution in [0.4, 0.5) is 14.6 Å². The van der Waals surface area contributed by atoms with E-state index in [4.69, 9.17) is 4.99 Å². The first-order chi connectivity index (χ1) is 15.4. The summed E-state index contributed by atoms with van der Waals surface area (Å²) >= 11 is 0. The molecule has 1 aromatic heterocycles.